The Kier molecular flexibility index (Phi) is 6.72. The van der Waals surface area contributed by atoms with Gasteiger partial charge in [-0.25, -0.2) is 0 Å². The van der Waals surface area contributed by atoms with Gasteiger partial charge in [0.25, 0.3) is 5.91 Å². The maximum Gasteiger partial charge on any atom is 0.257 e. The third kappa shape index (κ3) is 4.39. The molecular weight excluding hydrogens is 334 g/mol. The molecule has 0 aromatic heterocycles. The summed E-state index contributed by atoms with van der Waals surface area (Å²) in [6.07, 6.45) is 0. The van der Waals surface area contributed by atoms with E-state index in [0.29, 0.717) is 36.0 Å². The topological polar surface area (TPSA) is 57.2 Å². The van der Waals surface area contributed by atoms with Crippen molar-refractivity contribution in [2.24, 2.45) is 0 Å². The Labute approximate surface area is 154 Å². The van der Waals surface area contributed by atoms with Crippen molar-refractivity contribution in [3.63, 3.8) is 0 Å². The molecule has 2 aromatic rings. The Morgan fingerprint density at radius 2 is 1.54 bits per heavy atom. The van der Waals surface area contributed by atoms with E-state index in [1.807, 2.05) is 31.2 Å². The smallest absolute Gasteiger partial charge is 0.257 e. The number of benzene rings is 2. The number of para-hydroxylation sites is 1. The third-order valence-corrected chi connectivity index (χ3v) is 4.06. The van der Waals surface area contributed by atoms with Gasteiger partial charge in [-0.15, -0.1) is 0 Å². The number of aryl methyl sites for hydroxylation is 1. The molecule has 0 saturated heterocycles. The van der Waals surface area contributed by atoms with E-state index in [1.54, 1.807) is 24.1 Å². The van der Waals surface area contributed by atoms with Gasteiger partial charge in [-0.05, 0) is 18.6 Å². The quantitative estimate of drug-likeness (QED) is 0.725. The zero-order valence-corrected chi connectivity index (χ0v) is 15.9. The SMILES string of the molecule is COc1cc(OC)c(C(=O)N(C)CCOc2ccccc2C)cc1OC. The van der Waals surface area contributed by atoms with Crippen LogP contribution in [0.5, 0.6) is 23.0 Å². The first-order valence-corrected chi connectivity index (χ1v) is 8.25. The molecule has 6 nitrogen and oxygen atoms in total. The monoisotopic (exact) mass is 359 g/mol. The summed E-state index contributed by atoms with van der Waals surface area (Å²) in [6, 6.07) is 11.0. The number of hydrogen-bond acceptors (Lipinski definition) is 5. The summed E-state index contributed by atoms with van der Waals surface area (Å²) >= 11 is 0. The highest BCUT2D eigenvalue weighted by atomic mass is 16.5. The molecule has 1 amide bonds. The number of carbonyl (C=O) groups is 1. The molecule has 0 heterocycles. The fourth-order valence-electron chi connectivity index (χ4n) is 2.51. The number of likely N-dealkylation sites (N-methyl/N-ethyl adjacent to an activating group) is 1. The van der Waals surface area contributed by atoms with Gasteiger partial charge in [0.05, 0.1) is 33.4 Å². The molecule has 0 radical (unpaired) electrons. The van der Waals surface area contributed by atoms with Crippen molar-refractivity contribution >= 4 is 5.91 Å². The van der Waals surface area contributed by atoms with Crippen LogP contribution in [0.15, 0.2) is 36.4 Å². The second-order valence-electron chi connectivity index (χ2n) is 5.75. The molecule has 0 bridgehead atoms. The van der Waals surface area contributed by atoms with Crippen molar-refractivity contribution < 1.29 is 23.7 Å². The summed E-state index contributed by atoms with van der Waals surface area (Å²) in [5, 5.41) is 0. The Morgan fingerprint density at radius 1 is 0.923 bits per heavy atom. The van der Waals surface area contributed by atoms with Crippen LogP contribution in [0.2, 0.25) is 0 Å². The summed E-state index contributed by atoms with van der Waals surface area (Å²) in [6.45, 7) is 2.81. The zero-order valence-electron chi connectivity index (χ0n) is 15.9. The summed E-state index contributed by atoms with van der Waals surface area (Å²) in [7, 11) is 6.30. The molecule has 2 rings (SSSR count). The van der Waals surface area contributed by atoms with Gasteiger partial charge in [0.1, 0.15) is 18.1 Å². The van der Waals surface area contributed by atoms with Crippen molar-refractivity contribution in [1.29, 1.82) is 0 Å². The van der Waals surface area contributed by atoms with Crippen LogP contribution in [0, 0.1) is 6.92 Å². The van der Waals surface area contributed by atoms with E-state index < -0.39 is 0 Å². The summed E-state index contributed by atoms with van der Waals surface area (Å²) in [5.74, 6) is 2.04. The van der Waals surface area contributed by atoms with Crippen molar-refractivity contribution in [1.82, 2.24) is 4.90 Å². The molecule has 0 fully saturated rings. The maximum atomic E-state index is 12.8. The van der Waals surface area contributed by atoms with Crippen LogP contribution in [-0.2, 0) is 0 Å². The second kappa shape index (κ2) is 8.99. The lowest BCUT2D eigenvalue weighted by atomic mass is 10.1. The predicted octanol–water partition coefficient (Wildman–Crippen LogP) is 3.17. The van der Waals surface area contributed by atoms with Crippen molar-refractivity contribution in [3.05, 3.63) is 47.5 Å². The van der Waals surface area contributed by atoms with Crippen LogP contribution >= 0.6 is 0 Å². The Hall–Kier alpha value is -2.89. The van der Waals surface area contributed by atoms with E-state index in [9.17, 15) is 4.79 Å². The van der Waals surface area contributed by atoms with Crippen LogP contribution < -0.4 is 18.9 Å². The molecule has 2 aromatic carbocycles. The molecule has 0 aliphatic carbocycles. The highest BCUT2D eigenvalue weighted by Crippen LogP contribution is 2.35. The number of ether oxygens (including phenoxy) is 4. The van der Waals surface area contributed by atoms with Gasteiger partial charge in [-0.3, -0.25) is 4.79 Å². The van der Waals surface area contributed by atoms with E-state index in [0.717, 1.165) is 11.3 Å². The Balaban J connectivity index is 2.08. The number of carbonyl (C=O) groups excluding carboxylic acids is 1. The highest BCUT2D eigenvalue weighted by molar-refractivity contribution is 5.97. The number of rotatable bonds is 8. The largest absolute Gasteiger partial charge is 0.496 e. The molecule has 0 saturated carbocycles. The first-order chi connectivity index (χ1) is 12.5. The van der Waals surface area contributed by atoms with Gasteiger partial charge < -0.3 is 23.8 Å². The molecule has 0 unspecified atom stereocenters. The van der Waals surface area contributed by atoms with Gasteiger partial charge in [-0.2, -0.15) is 0 Å². The Morgan fingerprint density at radius 3 is 2.15 bits per heavy atom. The molecule has 0 aliphatic rings. The first kappa shape index (κ1) is 19.4. The van der Waals surface area contributed by atoms with Gasteiger partial charge >= 0.3 is 0 Å². The summed E-state index contributed by atoms with van der Waals surface area (Å²) in [5.41, 5.74) is 1.46. The van der Waals surface area contributed by atoms with E-state index in [-0.39, 0.29) is 5.91 Å². The first-order valence-electron chi connectivity index (χ1n) is 8.25. The maximum absolute atomic E-state index is 12.8. The average Bonchev–Trinajstić information content (AvgIpc) is 2.67. The molecular formula is C20H25NO5. The van der Waals surface area contributed by atoms with Gasteiger partial charge in [0.15, 0.2) is 11.5 Å². The number of amides is 1. The standard InChI is InChI=1S/C20H25NO5/c1-14-8-6-7-9-16(14)26-11-10-21(2)20(22)15-12-18(24-4)19(25-5)13-17(15)23-3/h6-9,12-13H,10-11H2,1-5H3. The average molecular weight is 359 g/mol. The lowest BCUT2D eigenvalue weighted by molar-refractivity contribution is 0.0770. The van der Waals surface area contributed by atoms with E-state index in [1.165, 1.54) is 21.3 Å². The van der Waals surface area contributed by atoms with Crippen molar-refractivity contribution in [2.45, 2.75) is 6.92 Å². The van der Waals surface area contributed by atoms with E-state index in [4.69, 9.17) is 18.9 Å². The number of methoxy groups -OCH3 is 3. The van der Waals surface area contributed by atoms with Crippen molar-refractivity contribution in [2.75, 3.05) is 41.5 Å². The normalized spacial score (nSPS) is 10.2. The minimum atomic E-state index is -0.184. The van der Waals surface area contributed by atoms with Gasteiger partial charge in [-0.1, -0.05) is 18.2 Å². The summed E-state index contributed by atoms with van der Waals surface area (Å²) in [4.78, 5) is 14.4. The Bertz CT molecular complexity index is 760. The fourth-order valence-corrected chi connectivity index (χ4v) is 2.51. The zero-order chi connectivity index (χ0) is 19.1. The molecule has 0 N–H and O–H groups in total. The van der Waals surface area contributed by atoms with Gasteiger partial charge in [0.2, 0.25) is 0 Å². The van der Waals surface area contributed by atoms with Crippen LogP contribution in [0.3, 0.4) is 0 Å². The van der Waals surface area contributed by atoms with Gasteiger partial charge in [0, 0.05) is 19.2 Å². The molecule has 0 atom stereocenters. The fraction of sp³-hybridized carbons (Fsp3) is 0.350. The molecule has 6 heteroatoms. The molecule has 0 aliphatic heterocycles. The molecule has 26 heavy (non-hydrogen) atoms. The molecule has 0 spiro atoms. The van der Waals surface area contributed by atoms with E-state index >= 15 is 0 Å². The van der Waals surface area contributed by atoms with Crippen LogP contribution in [0.1, 0.15) is 15.9 Å². The summed E-state index contributed by atoms with van der Waals surface area (Å²) < 4.78 is 21.6. The van der Waals surface area contributed by atoms with Crippen LogP contribution in [-0.4, -0.2) is 52.3 Å². The minimum Gasteiger partial charge on any atom is -0.496 e. The highest BCUT2D eigenvalue weighted by Gasteiger charge is 2.20. The lowest BCUT2D eigenvalue weighted by Gasteiger charge is -2.20. The predicted molar refractivity (Wildman–Crippen MR) is 99.7 cm³/mol. The molecule has 140 valence electrons. The number of hydrogen-bond donors (Lipinski definition) is 0. The van der Waals surface area contributed by atoms with Crippen LogP contribution in [0.25, 0.3) is 0 Å². The lowest BCUT2D eigenvalue weighted by Crippen LogP contribution is -2.31. The van der Waals surface area contributed by atoms with E-state index in [2.05, 4.69) is 0 Å². The third-order valence-electron chi connectivity index (χ3n) is 4.06. The van der Waals surface area contributed by atoms with Crippen LogP contribution in [0.4, 0.5) is 0 Å². The van der Waals surface area contributed by atoms with Crippen molar-refractivity contribution in [3.8, 4) is 23.0 Å². The minimum absolute atomic E-state index is 0.184. The second-order valence-corrected chi connectivity index (χ2v) is 5.75. The number of nitrogens with zero attached hydrogens (tertiary/aromatic N) is 1.